The van der Waals surface area contributed by atoms with Crippen LogP contribution in [0.2, 0.25) is 0 Å². The van der Waals surface area contributed by atoms with E-state index in [1.54, 1.807) is 11.1 Å². The highest BCUT2D eigenvalue weighted by molar-refractivity contribution is 5.33. The summed E-state index contributed by atoms with van der Waals surface area (Å²) in [4.78, 5) is 0. The average Bonchev–Trinajstić information content (AvgIpc) is 2.36. The maximum absolute atomic E-state index is 5.63. The van der Waals surface area contributed by atoms with E-state index in [2.05, 4.69) is 37.4 Å². The Hall–Kier alpha value is -0.860. The normalized spacial score (nSPS) is 15.5. The highest BCUT2D eigenvalue weighted by Gasteiger charge is 2.16. The van der Waals surface area contributed by atoms with Crippen molar-refractivity contribution < 1.29 is 0 Å². The van der Waals surface area contributed by atoms with Crippen molar-refractivity contribution in [1.82, 2.24) is 5.32 Å². The van der Waals surface area contributed by atoms with Crippen LogP contribution in [-0.2, 0) is 19.4 Å². The molecule has 0 aromatic heterocycles. The maximum atomic E-state index is 5.63. The number of hydrogen-bond acceptors (Lipinski definition) is 2. The molecule has 0 saturated carbocycles. The molecule has 0 bridgehead atoms. The minimum atomic E-state index is 0.130. The Bertz CT molecular complexity index is 396. The van der Waals surface area contributed by atoms with E-state index < -0.39 is 0 Å². The summed E-state index contributed by atoms with van der Waals surface area (Å²) in [5, 5.41) is 3.60. The smallest absolute Gasteiger partial charge is 0.0210 e. The third-order valence-corrected chi connectivity index (χ3v) is 3.95. The lowest BCUT2D eigenvalue weighted by Crippen LogP contribution is -2.40. The minimum Gasteiger partial charge on any atom is -0.330 e. The zero-order valence-electron chi connectivity index (χ0n) is 11.8. The first-order valence-corrected chi connectivity index (χ1v) is 7.16. The van der Waals surface area contributed by atoms with Gasteiger partial charge in [0.1, 0.15) is 0 Å². The SMILES string of the molecule is CC(C)(CCN)NCc1ccc2c(c1)CCCC2. The van der Waals surface area contributed by atoms with Crippen LogP contribution < -0.4 is 11.1 Å². The number of nitrogens with two attached hydrogens (primary N) is 1. The quantitative estimate of drug-likeness (QED) is 0.838. The van der Waals surface area contributed by atoms with Crippen molar-refractivity contribution in [2.24, 2.45) is 5.73 Å². The molecule has 100 valence electrons. The Morgan fingerprint density at radius 3 is 2.61 bits per heavy atom. The van der Waals surface area contributed by atoms with Gasteiger partial charge in [-0.2, -0.15) is 0 Å². The van der Waals surface area contributed by atoms with Crippen molar-refractivity contribution in [3.63, 3.8) is 0 Å². The minimum absolute atomic E-state index is 0.130. The number of rotatable bonds is 5. The molecule has 2 rings (SSSR count). The van der Waals surface area contributed by atoms with Gasteiger partial charge >= 0.3 is 0 Å². The van der Waals surface area contributed by atoms with E-state index >= 15 is 0 Å². The summed E-state index contributed by atoms with van der Waals surface area (Å²) in [6.07, 6.45) is 6.24. The zero-order valence-corrected chi connectivity index (χ0v) is 11.8. The zero-order chi connectivity index (χ0) is 13.0. The summed E-state index contributed by atoms with van der Waals surface area (Å²) in [5.41, 5.74) is 10.3. The van der Waals surface area contributed by atoms with Gasteiger partial charge in [0.15, 0.2) is 0 Å². The Labute approximate surface area is 111 Å². The largest absolute Gasteiger partial charge is 0.330 e. The van der Waals surface area contributed by atoms with Gasteiger partial charge in [-0.25, -0.2) is 0 Å². The van der Waals surface area contributed by atoms with Gasteiger partial charge < -0.3 is 11.1 Å². The molecular formula is C16H26N2. The second kappa shape index (κ2) is 5.85. The second-order valence-corrected chi connectivity index (χ2v) is 6.09. The molecule has 18 heavy (non-hydrogen) atoms. The van der Waals surface area contributed by atoms with Gasteiger partial charge in [0, 0.05) is 12.1 Å². The number of nitrogens with one attached hydrogen (secondary N) is 1. The maximum Gasteiger partial charge on any atom is 0.0210 e. The standard InChI is InChI=1S/C16H26N2/c1-16(2,9-10-17)18-12-13-7-8-14-5-3-4-6-15(14)11-13/h7-8,11,18H,3-6,9-10,12,17H2,1-2H3. The van der Waals surface area contributed by atoms with E-state index in [1.807, 2.05) is 0 Å². The number of benzene rings is 1. The fraction of sp³-hybridized carbons (Fsp3) is 0.625. The number of hydrogen-bond donors (Lipinski definition) is 2. The molecule has 0 atom stereocenters. The van der Waals surface area contributed by atoms with Crippen molar-refractivity contribution in [3.8, 4) is 0 Å². The third kappa shape index (κ3) is 3.56. The predicted octanol–water partition coefficient (Wildman–Crippen LogP) is 2.78. The van der Waals surface area contributed by atoms with Gasteiger partial charge in [-0.3, -0.25) is 0 Å². The molecule has 0 radical (unpaired) electrons. The fourth-order valence-corrected chi connectivity index (χ4v) is 2.69. The molecule has 0 spiro atoms. The molecule has 1 aliphatic rings. The lowest BCUT2D eigenvalue weighted by molar-refractivity contribution is 0.365. The van der Waals surface area contributed by atoms with Crippen LogP contribution in [0.15, 0.2) is 18.2 Å². The van der Waals surface area contributed by atoms with Crippen molar-refractivity contribution in [2.45, 2.75) is 58.0 Å². The number of aryl methyl sites for hydroxylation is 2. The summed E-state index contributed by atoms with van der Waals surface area (Å²) in [6, 6.07) is 6.98. The number of fused-ring (bicyclic) bond motifs is 1. The first-order chi connectivity index (χ1) is 8.61. The van der Waals surface area contributed by atoms with Crippen LogP contribution in [0.25, 0.3) is 0 Å². The molecule has 3 N–H and O–H groups in total. The fourth-order valence-electron chi connectivity index (χ4n) is 2.69. The van der Waals surface area contributed by atoms with Crippen LogP contribution in [0, 0.1) is 0 Å². The van der Waals surface area contributed by atoms with Crippen LogP contribution in [0.5, 0.6) is 0 Å². The molecule has 2 nitrogen and oxygen atoms in total. The highest BCUT2D eigenvalue weighted by atomic mass is 15.0. The molecule has 2 heteroatoms. The van der Waals surface area contributed by atoms with Crippen molar-refractivity contribution >= 4 is 0 Å². The van der Waals surface area contributed by atoms with Crippen LogP contribution in [-0.4, -0.2) is 12.1 Å². The predicted molar refractivity (Wildman–Crippen MR) is 77.7 cm³/mol. The van der Waals surface area contributed by atoms with Crippen molar-refractivity contribution in [1.29, 1.82) is 0 Å². The van der Waals surface area contributed by atoms with Gasteiger partial charge in [0.2, 0.25) is 0 Å². The average molecular weight is 246 g/mol. The lowest BCUT2D eigenvalue weighted by Gasteiger charge is -2.26. The van der Waals surface area contributed by atoms with E-state index in [0.29, 0.717) is 0 Å². The Balaban J connectivity index is 1.98. The molecule has 0 aliphatic heterocycles. The molecule has 0 heterocycles. The van der Waals surface area contributed by atoms with Gasteiger partial charge in [0.25, 0.3) is 0 Å². The first kappa shape index (κ1) is 13.6. The van der Waals surface area contributed by atoms with E-state index in [1.165, 1.54) is 31.2 Å². The van der Waals surface area contributed by atoms with Crippen LogP contribution in [0.3, 0.4) is 0 Å². The van der Waals surface area contributed by atoms with E-state index in [0.717, 1.165) is 19.5 Å². The summed E-state index contributed by atoms with van der Waals surface area (Å²) in [5.74, 6) is 0. The molecule has 1 aromatic rings. The Kier molecular flexibility index (Phi) is 4.41. The van der Waals surface area contributed by atoms with Gasteiger partial charge in [-0.15, -0.1) is 0 Å². The molecule has 0 unspecified atom stereocenters. The van der Waals surface area contributed by atoms with Crippen molar-refractivity contribution in [2.75, 3.05) is 6.54 Å². The molecule has 1 aromatic carbocycles. The van der Waals surface area contributed by atoms with Gasteiger partial charge in [-0.1, -0.05) is 18.2 Å². The van der Waals surface area contributed by atoms with Gasteiger partial charge in [0.05, 0.1) is 0 Å². The van der Waals surface area contributed by atoms with Crippen molar-refractivity contribution in [3.05, 3.63) is 34.9 Å². The van der Waals surface area contributed by atoms with Crippen LogP contribution in [0.4, 0.5) is 0 Å². The molecule has 1 aliphatic carbocycles. The highest BCUT2D eigenvalue weighted by Crippen LogP contribution is 2.22. The molecule has 0 amide bonds. The summed E-state index contributed by atoms with van der Waals surface area (Å²) >= 11 is 0. The van der Waals surface area contributed by atoms with E-state index in [-0.39, 0.29) is 5.54 Å². The molecule has 0 saturated heterocycles. The summed E-state index contributed by atoms with van der Waals surface area (Å²) in [7, 11) is 0. The second-order valence-electron chi connectivity index (χ2n) is 6.09. The van der Waals surface area contributed by atoms with E-state index in [9.17, 15) is 0 Å². The topological polar surface area (TPSA) is 38.0 Å². The lowest BCUT2D eigenvalue weighted by atomic mass is 9.90. The molecular weight excluding hydrogens is 220 g/mol. The summed E-state index contributed by atoms with van der Waals surface area (Å²) < 4.78 is 0. The third-order valence-electron chi connectivity index (χ3n) is 3.95. The Morgan fingerprint density at radius 2 is 1.89 bits per heavy atom. The summed E-state index contributed by atoms with van der Waals surface area (Å²) in [6.45, 7) is 6.13. The molecule has 0 fully saturated rings. The van der Waals surface area contributed by atoms with Crippen LogP contribution >= 0.6 is 0 Å². The van der Waals surface area contributed by atoms with E-state index in [4.69, 9.17) is 5.73 Å². The first-order valence-electron chi connectivity index (χ1n) is 7.16. The monoisotopic (exact) mass is 246 g/mol. The van der Waals surface area contributed by atoms with Gasteiger partial charge in [-0.05, 0) is 69.2 Å². The Morgan fingerprint density at radius 1 is 1.17 bits per heavy atom. The van der Waals surface area contributed by atoms with Crippen LogP contribution in [0.1, 0.15) is 49.8 Å².